The molecule has 106 valence electrons. The molecule has 2 aromatic rings. The van der Waals surface area contributed by atoms with Gasteiger partial charge in [0.1, 0.15) is 5.82 Å². The number of aromatic amines is 1. The number of rotatable bonds is 4. The van der Waals surface area contributed by atoms with E-state index >= 15 is 0 Å². The van der Waals surface area contributed by atoms with Crippen LogP contribution in [0.15, 0.2) is 21.8 Å². The number of thioether (sulfide) groups is 1. The Morgan fingerprint density at radius 1 is 1.35 bits per heavy atom. The van der Waals surface area contributed by atoms with E-state index in [2.05, 4.69) is 45.0 Å². The van der Waals surface area contributed by atoms with Gasteiger partial charge in [0.15, 0.2) is 11.5 Å². The predicted molar refractivity (Wildman–Crippen MR) is 80.3 cm³/mol. The van der Waals surface area contributed by atoms with Gasteiger partial charge in [-0.1, -0.05) is 41.5 Å². The Kier molecular flexibility index (Phi) is 3.89. The average Bonchev–Trinajstić information content (AvgIpc) is 3.03. The van der Waals surface area contributed by atoms with Gasteiger partial charge in [-0.15, -0.1) is 5.10 Å². The summed E-state index contributed by atoms with van der Waals surface area (Å²) in [5.74, 6) is 3.62. The van der Waals surface area contributed by atoms with E-state index in [1.165, 1.54) is 0 Å². The first kappa shape index (κ1) is 13.8. The van der Waals surface area contributed by atoms with Crippen LogP contribution in [-0.2, 0) is 5.75 Å². The van der Waals surface area contributed by atoms with Crippen molar-refractivity contribution in [3.05, 3.63) is 28.0 Å². The molecule has 0 spiro atoms. The summed E-state index contributed by atoms with van der Waals surface area (Å²) in [5, 5.41) is 7.93. The molecule has 20 heavy (non-hydrogen) atoms. The van der Waals surface area contributed by atoms with Crippen LogP contribution in [0.2, 0.25) is 0 Å². The first-order valence-corrected chi connectivity index (χ1v) is 8.04. The van der Waals surface area contributed by atoms with Crippen LogP contribution in [0.3, 0.4) is 0 Å². The van der Waals surface area contributed by atoms with E-state index in [9.17, 15) is 0 Å². The van der Waals surface area contributed by atoms with E-state index in [1.807, 2.05) is 12.1 Å². The summed E-state index contributed by atoms with van der Waals surface area (Å²) in [5.41, 5.74) is 1.13. The van der Waals surface area contributed by atoms with Crippen LogP contribution in [-0.4, -0.2) is 22.0 Å². The fraction of sp³-hybridized carbons (Fsp3) is 0.385. The highest BCUT2D eigenvalue weighted by atomic mass is 79.9. The molecule has 0 atom stereocenters. The zero-order valence-electron chi connectivity index (χ0n) is 11.1. The number of nitrogens with zero attached hydrogens (tertiary/aromatic N) is 2. The largest absolute Gasteiger partial charge is 0.454 e. The lowest BCUT2D eigenvalue weighted by Gasteiger charge is -2.04. The van der Waals surface area contributed by atoms with E-state index in [-0.39, 0.29) is 6.79 Å². The monoisotopic (exact) mass is 355 g/mol. The van der Waals surface area contributed by atoms with Gasteiger partial charge < -0.3 is 9.47 Å². The lowest BCUT2D eigenvalue weighted by molar-refractivity contribution is 0.174. The van der Waals surface area contributed by atoms with Crippen molar-refractivity contribution >= 4 is 27.7 Å². The molecule has 1 aromatic heterocycles. The molecule has 1 N–H and O–H groups in total. The molecule has 5 nitrogen and oxygen atoms in total. The van der Waals surface area contributed by atoms with Crippen molar-refractivity contribution in [1.82, 2.24) is 15.2 Å². The lowest BCUT2D eigenvalue weighted by Crippen LogP contribution is -1.92. The topological polar surface area (TPSA) is 60.0 Å². The van der Waals surface area contributed by atoms with Crippen molar-refractivity contribution in [1.29, 1.82) is 0 Å². The molecule has 0 saturated heterocycles. The first-order chi connectivity index (χ1) is 9.63. The molecule has 0 saturated carbocycles. The minimum Gasteiger partial charge on any atom is -0.454 e. The third-order valence-electron chi connectivity index (χ3n) is 2.93. The van der Waals surface area contributed by atoms with Gasteiger partial charge in [-0.05, 0) is 17.7 Å². The molecule has 1 aromatic carbocycles. The highest BCUT2D eigenvalue weighted by Gasteiger charge is 2.17. The molecule has 0 amide bonds. The Morgan fingerprint density at radius 2 is 2.10 bits per heavy atom. The van der Waals surface area contributed by atoms with E-state index in [4.69, 9.17) is 9.47 Å². The van der Waals surface area contributed by atoms with Crippen LogP contribution >= 0.6 is 27.7 Å². The van der Waals surface area contributed by atoms with Crippen LogP contribution in [0.5, 0.6) is 11.5 Å². The average molecular weight is 356 g/mol. The Bertz CT molecular complexity index is 630. The molecule has 0 bridgehead atoms. The standard InChI is InChI=1S/C13H14BrN3O2S/c1-7(2)12-15-13(17-16-12)20-5-8-3-10-11(4-9(8)14)19-6-18-10/h3-4,7H,5-6H2,1-2H3,(H,15,16,17). The Balaban J connectivity index is 1.71. The second kappa shape index (κ2) is 5.65. The highest BCUT2D eigenvalue weighted by molar-refractivity contribution is 9.10. The number of nitrogens with one attached hydrogen (secondary N) is 1. The second-order valence-electron chi connectivity index (χ2n) is 4.74. The number of benzene rings is 1. The third kappa shape index (κ3) is 2.78. The Hall–Kier alpha value is -1.21. The number of halogens is 1. The van der Waals surface area contributed by atoms with Gasteiger partial charge in [0, 0.05) is 16.1 Å². The molecular weight excluding hydrogens is 342 g/mol. The lowest BCUT2D eigenvalue weighted by atomic mass is 10.2. The molecule has 1 aliphatic heterocycles. The number of fused-ring (bicyclic) bond motifs is 1. The summed E-state index contributed by atoms with van der Waals surface area (Å²) in [6.07, 6.45) is 0. The van der Waals surface area contributed by atoms with Gasteiger partial charge in [0.2, 0.25) is 11.9 Å². The van der Waals surface area contributed by atoms with Crippen LogP contribution < -0.4 is 9.47 Å². The van der Waals surface area contributed by atoms with Gasteiger partial charge >= 0.3 is 0 Å². The zero-order chi connectivity index (χ0) is 14.1. The molecule has 7 heteroatoms. The van der Waals surface area contributed by atoms with Crippen molar-refractivity contribution in [2.75, 3.05) is 6.79 Å². The first-order valence-electron chi connectivity index (χ1n) is 6.26. The molecule has 0 aliphatic carbocycles. The number of hydrogen-bond donors (Lipinski definition) is 1. The smallest absolute Gasteiger partial charge is 0.231 e. The minimum absolute atomic E-state index is 0.289. The summed E-state index contributed by atoms with van der Waals surface area (Å²) in [4.78, 5) is 4.45. The van der Waals surface area contributed by atoms with E-state index in [0.29, 0.717) is 5.92 Å². The number of H-pyrrole nitrogens is 1. The molecule has 0 fully saturated rings. The molecular formula is C13H14BrN3O2S. The van der Waals surface area contributed by atoms with Crippen LogP contribution in [0, 0.1) is 0 Å². The van der Waals surface area contributed by atoms with Crippen molar-refractivity contribution in [2.45, 2.75) is 30.7 Å². The third-order valence-corrected chi connectivity index (χ3v) is 4.56. The number of aromatic nitrogens is 3. The quantitative estimate of drug-likeness (QED) is 0.847. The van der Waals surface area contributed by atoms with E-state index in [1.54, 1.807) is 11.8 Å². The summed E-state index contributed by atoms with van der Waals surface area (Å²) in [6.45, 7) is 4.46. The summed E-state index contributed by atoms with van der Waals surface area (Å²) >= 11 is 5.15. The van der Waals surface area contributed by atoms with Crippen LogP contribution in [0.1, 0.15) is 31.2 Å². The summed E-state index contributed by atoms with van der Waals surface area (Å²) in [7, 11) is 0. The normalized spacial score (nSPS) is 13.2. The second-order valence-corrected chi connectivity index (χ2v) is 6.54. The molecule has 1 aliphatic rings. The maximum atomic E-state index is 5.39. The van der Waals surface area contributed by atoms with E-state index in [0.717, 1.165) is 38.3 Å². The molecule has 3 rings (SSSR count). The van der Waals surface area contributed by atoms with Crippen molar-refractivity contribution < 1.29 is 9.47 Å². The maximum absolute atomic E-state index is 5.39. The fourth-order valence-electron chi connectivity index (χ4n) is 1.79. The number of hydrogen-bond acceptors (Lipinski definition) is 5. The van der Waals surface area contributed by atoms with Crippen LogP contribution in [0.4, 0.5) is 0 Å². The highest BCUT2D eigenvalue weighted by Crippen LogP contribution is 2.38. The fourth-order valence-corrected chi connectivity index (χ4v) is 3.24. The van der Waals surface area contributed by atoms with Gasteiger partial charge in [0.25, 0.3) is 0 Å². The van der Waals surface area contributed by atoms with Crippen LogP contribution in [0.25, 0.3) is 0 Å². The van der Waals surface area contributed by atoms with Crippen molar-refractivity contribution in [2.24, 2.45) is 0 Å². The summed E-state index contributed by atoms with van der Waals surface area (Å²) in [6, 6.07) is 3.94. The van der Waals surface area contributed by atoms with Gasteiger partial charge in [-0.25, -0.2) is 4.98 Å². The maximum Gasteiger partial charge on any atom is 0.231 e. The van der Waals surface area contributed by atoms with Gasteiger partial charge in [0.05, 0.1) is 0 Å². The minimum atomic E-state index is 0.289. The van der Waals surface area contributed by atoms with Crippen molar-refractivity contribution in [3.8, 4) is 11.5 Å². The summed E-state index contributed by atoms with van der Waals surface area (Å²) < 4.78 is 11.7. The Labute approximate surface area is 129 Å². The Morgan fingerprint density at radius 3 is 2.80 bits per heavy atom. The molecule has 2 heterocycles. The molecule has 0 radical (unpaired) electrons. The zero-order valence-corrected chi connectivity index (χ0v) is 13.5. The van der Waals surface area contributed by atoms with E-state index < -0.39 is 0 Å². The number of ether oxygens (including phenoxy) is 2. The SMILES string of the molecule is CC(C)c1nc(SCc2cc3c(cc2Br)OCO3)n[nH]1. The predicted octanol–water partition coefficient (Wildman–Crippen LogP) is 3.71. The van der Waals surface area contributed by atoms with Gasteiger partial charge in [-0.2, -0.15) is 0 Å². The van der Waals surface area contributed by atoms with Crippen molar-refractivity contribution in [3.63, 3.8) is 0 Å². The molecule has 0 unspecified atom stereocenters. The van der Waals surface area contributed by atoms with Gasteiger partial charge in [-0.3, -0.25) is 5.10 Å².